The van der Waals surface area contributed by atoms with Crippen LogP contribution in [0.3, 0.4) is 0 Å². The Kier molecular flexibility index (Phi) is 49.1. The number of nitrogens with one attached hydrogen (secondary N) is 1. The predicted octanol–water partition coefficient (Wildman–Crippen LogP) is 14.5. The Balaban J connectivity index is 2.70. The summed E-state index contributed by atoms with van der Waals surface area (Å²) in [4.78, 5) is 26.5. The fourth-order valence-corrected chi connectivity index (χ4v) is 8.81. The predicted molar refractivity (Wildman–Crippen MR) is 319 cm³/mol. The molecule has 6 N–H and O–H groups in total. The smallest absolute Gasteiger partial charge is 0.306 e. The van der Waals surface area contributed by atoms with Gasteiger partial charge in [0.2, 0.25) is 5.91 Å². The summed E-state index contributed by atoms with van der Waals surface area (Å²) in [5.41, 5.74) is 0. The molecule has 1 aliphatic rings. The number of hydrogen-bond acceptors (Lipinski definition) is 10. The average molecular weight is 1080 g/mol. The van der Waals surface area contributed by atoms with Crippen LogP contribution in [0.25, 0.3) is 0 Å². The second-order valence-electron chi connectivity index (χ2n) is 20.7. The maximum atomic E-state index is 13.4. The van der Waals surface area contributed by atoms with Gasteiger partial charge in [0.25, 0.3) is 0 Å². The molecule has 0 saturated carbocycles. The van der Waals surface area contributed by atoms with Gasteiger partial charge in [0.1, 0.15) is 24.4 Å². The summed E-state index contributed by atoms with van der Waals surface area (Å²) >= 11 is 0. The number of carbonyl (C=O) groups is 2. The SMILES string of the molecule is CC/C=C\C/C=C\C/C=C\C/C=C\C/C=C\CCC(O)C(=O)NC(COC1OC(CO)C(O)C(O)C1OC(=O)CCCCCCCCCC/C=C\C/C=C\C/C=C\CCCCC)C(O)/C=C/CCCCCCCCCCC. The fraction of sp³-hybridized carbons (Fsp3) is 0.697. The van der Waals surface area contributed by atoms with Gasteiger partial charge in [-0.05, 0) is 103 Å². The highest BCUT2D eigenvalue weighted by Gasteiger charge is 2.47. The van der Waals surface area contributed by atoms with Gasteiger partial charge in [0, 0.05) is 6.42 Å². The molecule has 77 heavy (non-hydrogen) atoms. The topological polar surface area (TPSA) is 175 Å². The van der Waals surface area contributed by atoms with Crippen molar-refractivity contribution in [2.24, 2.45) is 0 Å². The molecule has 1 fully saturated rings. The Hall–Kier alpha value is -3.68. The number of esters is 1. The van der Waals surface area contributed by atoms with Crippen molar-refractivity contribution in [3.05, 3.63) is 109 Å². The Morgan fingerprint density at radius 1 is 0.519 bits per heavy atom. The van der Waals surface area contributed by atoms with E-state index in [2.05, 4.69) is 111 Å². The van der Waals surface area contributed by atoms with E-state index in [4.69, 9.17) is 14.2 Å². The van der Waals surface area contributed by atoms with Crippen LogP contribution in [0.4, 0.5) is 0 Å². The monoisotopic (exact) mass is 1080 g/mol. The van der Waals surface area contributed by atoms with E-state index < -0.39 is 67.4 Å². The molecule has 1 aliphatic heterocycles. The Morgan fingerprint density at radius 3 is 1.43 bits per heavy atom. The van der Waals surface area contributed by atoms with E-state index in [0.717, 1.165) is 103 Å². The molecular formula is C66H111NO10. The van der Waals surface area contributed by atoms with Crippen LogP contribution >= 0.6 is 0 Å². The van der Waals surface area contributed by atoms with Crippen molar-refractivity contribution in [2.45, 2.75) is 282 Å². The van der Waals surface area contributed by atoms with Crippen molar-refractivity contribution in [1.29, 1.82) is 0 Å². The number of ether oxygens (including phenoxy) is 3. The van der Waals surface area contributed by atoms with Crippen molar-refractivity contribution in [1.82, 2.24) is 5.32 Å². The first kappa shape index (κ1) is 71.3. The molecule has 0 aromatic rings. The van der Waals surface area contributed by atoms with Crippen molar-refractivity contribution < 1.29 is 49.3 Å². The maximum absolute atomic E-state index is 13.4. The van der Waals surface area contributed by atoms with Gasteiger partial charge < -0.3 is 45.1 Å². The Labute approximate surface area is 468 Å². The minimum absolute atomic E-state index is 0.103. The highest BCUT2D eigenvalue weighted by molar-refractivity contribution is 5.80. The normalized spacial score (nSPS) is 19.8. The van der Waals surface area contributed by atoms with Gasteiger partial charge in [-0.1, -0.05) is 233 Å². The van der Waals surface area contributed by atoms with Crippen LogP contribution in [0.1, 0.15) is 233 Å². The summed E-state index contributed by atoms with van der Waals surface area (Å²) in [7, 11) is 0. The molecule has 1 heterocycles. The molecule has 1 saturated heterocycles. The van der Waals surface area contributed by atoms with Crippen LogP contribution < -0.4 is 5.32 Å². The van der Waals surface area contributed by atoms with E-state index in [1.807, 2.05) is 18.2 Å². The van der Waals surface area contributed by atoms with Gasteiger partial charge in [-0.25, -0.2) is 0 Å². The van der Waals surface area contributed by atoms with Crippen molar-refractivity contribution >= 4 is 11.9 Å². The molecule has 1 amide bonds. The van der Waals surface area contributed by atoms with Crippen LogP contribution in [-0.2, 0) is 23.8 Å². The number of aliphatic hydroxyl groups excluding tert-OH is 5. The molecule has 0 aromatic carbocycles. The van der Waals surface area contributed by atoms with Crippen molar-refractivity contribution in [2.75, 3.05) is 13.2 Å². The minimum atomic E-state index is -1.63. The molecule has 0 radical (unpaired) electrons. The van der Waals surface area contributed by atoms with Crippen LogP contribution in [0, 0.1) is 0 Å². The van der Waals surface area contributed by atoms with Crippen molar-refractivity contribution in [3.63, 3.8) is 0 Å². The molecule has 8 unspecified atom stereocenters. The van der Waals surface area contributed by atoms with Gasteiger partial charge in [-0.15, -0.1) is 0 Å². The van der Waals surface area contributed by atoms with Crippen molar-refractivity contribution in [3.8, 4) is 0 Å². The number of hydrogen-bond donors (Lipinski definition) is 6. The van der Waals surface area contributed by atoms with Gasteiger partial charge in [0.05, 0.1) is 25.4 Å². The lowest BCUT2D eigenvalue weighted by atomic mass is 9.99. The summed E-state index contributed by atoms with van der Waals surface area (Å²) in [6.45, 7) is 5.59. The first-order valence-corrected chi connectivity index (χ1v) is 30.7. The first-order valence-electron chi connectivity index (χ1n) is 30.7. The van der Waals surface area contributed by atoms with E-state index >= 15 is 0 Å². The summed E-state index contributed by atoms with van der Waals surface area (Å²) in [5.74, 6) is -1.27. The largest absolute Gasteiger partial charge is 0.454 e. The zero-order valence-corrected chi connectivity index (χ0v) is 48.5. The molecular weight excluding hydrogens is 967 g/mol. The number of amides is 1. The molecule has 11 nitrogen and oxygen atoms in total. The lowest BCUT2D eigenvalue weighted by molar-refractivity contribution is -0.305. The zero-order chi connectivity index (χ0) is 56.1. The molecule has 0 spiro atoms. The van der Waals surface area contributed by atoms with Crippen LogP contribution in [0.2, 0.25) is 0 Å². The lowest BCUT2D eigenvalue weighted by Crippen LogP contribution is -2.61. The molecule has 0 bridgehead atoms. The highest BCUT2D eigenvalue weighted by atomic mass is 16.7. The first-order chi connectivity index (χ1) is 37.7. The summed E-state index contributed by atoms with van der Waals surface area (Å²) in [6.07, 6.45) is 61.3. The quantitative estimate of drug-likeness (QED) is 0.0195. The van der Waals surface area contributed by atoms with Gasteiger partial charge in [-0.3, -0.25) is 9.59 Å². The highest BCUT2D eigenvalue weighted by Crippen LogP contribution is 2.26. The van der Waals surface area contributed by atoms with E-state index in [1.54, 1.807) is 6.08 Å². The van der Waals surface area contributed by atoms with Crippen LogP contribution in [0.15, 0.2) is 109 Å². The van der Waals surface area contributed by atoms with Crippen LogP contribution in [0.5, 0.6) is 0 Å². The number of rotatable bonds is 50. The van der Waals surface area contributed by atoms with E-state index in [-0.39, 0.29) is 19.4 Å². The lowest BCUT2D eigenvalue weighted by Gasteiger charge is -2.41. The van der Waals surface area contributed by atoms with Gasteiger partial charge in [-0.2, -0.15) is 0 Å². The van der Waals surface area contributed by atoms with E-state index in [1.165, 1.54) is 83.5 Å². The Bertz CT molecular complexity index is 1660. The Morgan fingerprint density at radius 2 is 0.935 bits per heavy atom. The van der Waals surface area contributed by atoms with E-state index in [0.29, 0.717) is 12.8 Å². The third kappa shape index (κ3) is 41.1. The number of unbranched alkanes of at least 4 members (excludes halogenated alkanes) is 20. The second-order valence-corrected chi connectivity index (χ2v) is 20.7. The van der Waals surface area contributed by atoms with Gasteiger partial charge >= 0.3 is 5.97 Å². The third-order valence-electron chi connectivity index (χ3n) is 13.7. The average Bonchev–Trinajstić information content (AvgIpc) is 3.43. The molecule has 0 aliphatic carbocycles. The summed E-state index contributed by atoms with van der Waals surface area (Å²) < 4.78 is 17.6. The molecule has 0 aromatic heterocycles. The van der Waals surface area contributed by atoms with Gasteiger partial charge in [0.15, 0.2) is 12.4 Å². The zero-order valence-electron chi connectivity index (χ0n) is 48.5. The fourth-order valence-electron chi connectivity index (χ4n) is 8.81. The number of carbonyl (C=O) groups excluding carboxylic acids is 2. The number of aliphatic hydroxyl groups is 5. The number of allylic oxidation sites excluding steroid dienone is 17. The van der Waals surface area contributed by atoms with Crippen LogP contribution in [-0.4, -0.2) is 99.6 Å². The molecule has 11 heteroatoms. The third-order valence-corrected chi connectivity index (χ3v) is 13.7. The summed E-state index contributed by atoms with van der Waals surface area (Å²) in [6, 6.07) is -1.06. The van der Waals surface area contributed by atoms with E-state index in [9.17, 15) is 35.1 Å². The standard InChI is InChI=1S/C66H111NO10/c1-4-7-10-13-16-19-22-24-26-28-29-30-31-32-34-36-39-42-45-48-51-54-61(71)77-64-63(73)62(72)60(55-68)76-66(64)75-56-57(58(69)52-49-46-43-40-37-21-18-15-12-9-6-3)67-65(74)59(70)53-50-47-44-41-38-35-33-27-25-23-20-17-14-11-8-5-2/h8,11,16-17,19-20,24-27,29-30,35,38,44,47,49,52,57-60,62-64,66,68-70,72-73H,4-7,9-10,12-15,18,21-23,28,31-34,36-37,39-43,45-46,48,50-51,53-56H2,1-3H3,(H,67,74)/b11-8-,19-16-,20-17-,26-24-,27-25-,30-29-,38-35-,47-44-,52-49+. The molecule has 8 atom stereocenters. The molecule has 1 rings (SSSR count). The minimum Gasteiger partial charge on any atom is -0.454 e. The second kappa shape index (κ2) is 53.0. The molecule has 440 valence electrons. The summed E-state index contributed by atoms with van der Waals surface area (Å²) in [5, 5.41) is 56.8. The maximum Gasteiger partial charge on any atom is 0.306 e.